The summed E-state index contributed by atoms with van der Waals surface area (Å²) >= 11 is 0. The monoisotopic (exact) mass is 464 g/mol. The molecule has 2 aliphatic rings. The van der Waals surface area contributed by atoms with Gasteiger partial charge in [0.2, 0.25) is 0 Å². The van der Waals surface area contributed by atoms with E-state index in [1.807, 2.05) is 6.07 Å². The Bertz CT molecular complexity index is 1330. The van der Waals surface area contributed by atoms with Crippen LogP contribution in [0.5, 0.6) is 0 Å². The van der Waals surface area contributed by atoms with Gasteiger partial charge in [0.1, 0.15) is 11.6 Å². The van der Waals surface area contributed by atoms with E-state index in [2.05, 4.69) is 6.07 Å². The molecule has 0 bridgehead atoms. The predicted octanol–water partition coefficient (Wildman–Crippen LogP) is 3.53. The van der Waals surface area contributed by atoms with Gasteiger partial charge in [-0.1, -0.05) is 12.1 Å². The average Bonchev–Trinajstić information content (AvgIpc) is 3.36. The largest absolute Gasteiger partial charge is 0.453 e. The summed E-state index contributed by atoms with van der Waals surface area (Å²) in [5.74, 6) is -1.86. The number of nitrogens with zero attached hydrogens (tertiary/aromatic N) is 4. The second-order valence-corrected chi connectivity index (χ2v) is 8.62. The first kappa shape index (κ1) is 22.0. The molecule has 3 aromatic rings. The van der Waals surface area contributed by atoms with E-state index < -0.39 is 29.7 Å². The zero-order chi connectivity index (χ0) is 24.0. The van der Waals surface area contributed by atoms with E-state index in [9.17, 15) is 23.9 Å². The highest BCUT2D eigenvalue weighted by molar-refractivity contribution is 5.71. The Kier molecular flexibility index (Phi) is 5.54. The number of aromatic nitrogens is 2. The number of fused-ring (bicyclic) bond motifs is 2. The number of carbonyl (C=O) groups excluding carboxylic acids is 1. The van der Waals surface area contributed by atoms with Gasteiger partial charge in [-0.25, -0.2) is 13.6 Å². The number of hydrogen-bond acceptors (Lipinski definition) is 5. The second kappa shape index (κ2) is 8.54. The number of halogens is 2. The van der Waals surface area contributed by atoms with E-state index in [0.29, 0.717) is 35.3 Å². The Morgan fingerprint density at radius 3 is 2.88 bits per heavy atom. The average molecular weight is 464 g/mol. The molecule has 9 heteroatoms. The quantitative estimate of drug-likeness (QED) is 0.641. The molecule has 1 amide bonds. The van der Waals surface area contributed by atoms with Crippen LogP contribution in [0.25, 0.3) is 11.3 Å². The highest BCUT2D eigenvalue weighted by Gasteiger charge is 2.36. The Balaban J connectivity index is 1.58. The summed E-state index contributed by atoms with van der Waals surface area (Å²) in [6.45, 7) is 0.937. The van der Waals surface area contributed by atoms with Crippen LogP contribution in [-0.2, 0) is 30.7 Å². The minimum atomic E-state index is -0.869. The first-order chi connectivity index (χ1) is 16.4. The second-order valence-electron chi connectivity index (χ2n) is 8.62. The number of methoxy groups -OCH3 is 1. The highest BCUT2D eigenvalue weighted by atomic mass is 19.1. The smallest absolute Gasteiger partial charge is 0.409 e. The molecule has 0 fully saturated rings. The van der Waals surface area contributed by atoms with Gasteiger partial charge in [0.05, 0.1) is 43.6 Å². The maximum absolute atomic E-state index is 14.3. The van der Waals surface area contributed by atoms with Crippen LogP contribution >= 0.6 is 0 Å². The van der Waals surface area contributed by atoms with Crippen molar-refractivity contribution in [3.8, 4) is 17.3 Å². The first-order valence-corrected chi connectivity index (χ1v) is 11.0. The molecule has 0 spiro atoms. The van der Waals surface area contributed by atoms with Crippen molar-refractivity contribution in [1.29, 1.82) is 5.26 Å². The molecule has 2 aromatic carbocycles. The SMILES string of the molecule is COC(=O)N1CCc2c(c(-c3cccc(C#N)c3)nn2C[C@H]2c3cc(F)cc(F)c3C[C@H]2O)C1. The zero-order valence-corrected chi connectivity index (χ0v) is 18.5. The molecule has 0 saturated heterocycles. The molecule has 0 unspecified atom stereocenters. The minimum Gasteiger partial charge on any atom is -0.453 e. The van der Waals surface area contributed by atoms with Crippen molar-refractivity contribution in [2.45, 2.75) is 38.0 Å². The van der Waals surface area contributed by atoms with E-state index in [1.54, 1.807) is 27.8 Å². The van der Waals surface area contributed by atoms with Crippen molar-refractivity contribution < 1.29 is 23.4 Å². The fourth-order valence-electron chi connectivity index (χ4n) is 5.03. The maximum Gasteiger partial charge on any atom is 0.409 e. The van der Waals surface area contributed by atoms with Crippen molar-refractivity contribution in [3.05, 3.63) is 76.0 Å². The topological polar surface area (TPSA) is 91.4 Å². The maximum atomic E-state index is 14.3. The summed E-state index contributed by atoms with van der Waals surface area (Å²) in [6.07, 6.45) is -0.696. The number of aliphatic hydroxyl groups is 1. The number of aliphatic hydroxyl groups excluding tert-OH is 1. The lowest BCUT2D eigenvalue weighted by Gasteiger charge is -2.27. The summed E-state index contributed by atoms with van der Waals surface area (Å²) in [4.78, 5) is 13.8. The molecule has 2 atom stereocenters. The molecule has 1 aromatic heterocycles. The van der Waals surface area contributed by atoms with Crippen LogP contribution in [0.3, 0.4) is 0 Å². The van der Waals surface area contributed by atoms with E-state index >= 15 is 0 Å². The third-order valence-electron chi connectivity index (χ3n) is 6.67. The van der Waals surface area contributed by atoms with Crippen LogP contribution in [0.1, 0.15) is 33.9 Å². The number of nitriles is 1. The summed E-state index contributed by atoms with van der Waals surface area (Å²) in [5, 5.41) is 24.8. The third-order valence-corrected chi connectivity index (χ3v) is 6.67. The molecule has 1 aliphatic heterocycles. The lowest BCUT2D eigenvalue weighted by atomic mass is 9.98. The molecule has 1 aliphatic carbocycles. The Morgan fingerprint density at radius 1 is 1.29 bits per heavy atom. The molecule has 7 nitrogen and oxygen atoms in total. The molecule has 0 radical (unpaired) electrons. The van der Waals surface area contributed by atoms with Crippen molar-refractivity contribution in [3.63, 3.8) is 0 Å². The van der Waals surface area contributed by atoms with Crippen molar-refractivity contribution >= 4 is 6.09 Å². The fourth-order valence-corrected chi connectivity index (χ4v) is 5.03. The van der Waals surface area contributed by atoms with Crippen molar-refractivity contribution in [2.24, 2.45) is 0 Å². The number of benzene rings is 2. The summed E-state index contributed by atoms with van der Waals surface area (Å²) in [5.41, 5.74) is 4.32. The van der Waals surface area contributed by atoms with Crippen molar-refractivity contribution in [2.75, 3.05) is 13.7 Å². The predicted molar refractivity (Wildman–Crippen MR) is 118 cm³/mol. The Hall–Kier alpha value is -3.77. The number of carbonyl (C=O) groups is 1. The van der Waals surface area contributed by atoms with Crippen molar-refractivity contribution in [1.82, 2.24) is 14.7 Å². The Labute approximate surface area is 194 Å². The van der Waals surface area contributed by atoms with Gasteiger partial charge in [-0.15, -0.1) is 0 Å². The van der Waals surface area contributed by atoms with E-state index in [1.165, 1.54) is 13.2 Å². The van der Waals surface area contributed by atoms with Crippen LogP contribution in [0, 0.1) is 23.0 Å². The van der Waals surface area contributed by atoms with Gasteiger partial charge in [0, 0.05) is 48.2 Å². The van der Waals surface area contributed by atoms with Crippen LogP contribution < -0.4 is 0 Å². The van der Waals surface area contributed by atoms with Gasteiger partial charge in [-0.05, 0) is 29.3 Å². The normalized spacial score (nSPS) is 18.9. The fraction of sp³-hybridized carbons (Fsp3) is 0.320. The number of amides is 1. The van der Waals surface area contributed by atoms with Gasteiger partial charge >= 0.3 is 6.09 Å². The molecule has 0 saturated carbocycles. The van der Waals surface area contributed by atoms with Crippen LogP contribution in [0.15, 0.2) is 36.4 Å². The highest BCUT2D eigenvalue weighted by Crippen LogP contribution is 2.38. The van der Waals surface area contributed by atoms with E-state index in [0.717, 1.165) is 22.9 Å². The number of rotatable bonds is 3. The van der Waals surface area contributed by atoms with Gasteiger partial charge in [0.25, 0.3) is 0 Å². The number of hydrogen-bond donors (Lipinski definition) is 1. The van der Waals surface area contributed by atoms with Gasteiger partial charge in [0.15, 0.2) is 0 Å². The molecule has 1 N–H and O–H groups in total. The molecule has 2 heterocycles. The summed E-state index contributed by atoms with van der Waals surface area (Å²) < 4.78 is 34.9. The van der Waals surface area contributed by atoms with Crippen LogP contribution in [-0.4, -0.2) is 45.6 Å². The molecule has 174 valence electrons. The third kappa shape index (κ3) is 3.70. The molecule has 34 heavy (non-hydrogen) atoms. The molecular weight excluding hydrogens is 442 g/mol. The van der Waals surface area contributed by atoms with E-state index in [-0.39, 0.29) is 19.5 Å². The van der Waals surface area contributed by atoms with Crippen LogP contribution in [0.2, 0.25) is 0 Å². The van der Waals surface area contributed by atoms with Crippen LogP contribution in [0.4, 0.5) is 13.6 Å². The lowest BCUT2D eigenvalue weighted by molar-refractivity contribution is 0.118. The van der Waals surface area contributed by atoms with Gasteiger partial charge in [-0.3, -0.25) is 4.68 Å². The summed E-state index contributed by atoms with van der Waals surface area (Å²) in [6, 6.07) is 11.3. The first-order valence-electron chi connectivity index (χ1n) is 11.0. The Morgan fingerprint density at radius 2 is 2.12 bits per heavy atom. The standard InChI is InChI=1S/C25H22F2N4O3/c1-34-25(33)30-6-5-22-20(12-30)24(15-4-2-3-14(7-15)11-28)29-31(22)13-19-17-8-16(26)9-21(27)18(17)10-23(19)32/h2-4,7-9,19,23,32H,5-6,10,12-13H2,1H3/t19-,23+/m0/s1. The minimum absolute atomic E-state index is 0.114. The molecule has 5 rings (SSSR count). The number of ether oxygens (including phenoxy) is 1. The molecular formula is C25H22F2N4O3. The zero-order valence-electron chi connectivity index (χ0n) is 18.5. The lowest BCUT2D eigenvalue weighted by Crippen LogP contribution is -2.36. The van der Waals surface area contributed by atoms with Gasteiger partial charge in [-0.2, -0.15) is 10.4 Å². The van der Waals surface area contributed by atoms with E-state index in [4.69, 9.17) is 9.84 Å². The summed E-state index contributed by atoms with van der Waals surface area (Å²) in [7, 11) is 1.33. The van der Waals surface area contributed by atoms with Gasteiger partial charge < -0.3 is 14.7 Å².